The Labute approximate surface area is 129 Å². The topological polar surface area (TPSA) is 84.3 Å². The number of hydrogen-bond acceptors (Lipinski definition) is 4. The van der Waals surface area contributed by atoms with Gasteiger partial charge in [-0.1, -0.05) is 23.8 Å². The Morgan fingerprint density at radius 3 is 2.62 bits per heavy atom. The van der Waals surface area contributed by atoms with Crippen LogP contribution in [0, 0.1) is 10.1 Å². The molecular weight excluding hydrogens is 294 g/mol. The van der Waals surface area contributed by atoms with E-state index in [0.29, 0.717) is 6.54 Å². The van der Waals surface area contributed by atoms with Gasteiger partial charge >= 0.3 is 0 Å². The fourth-order valence-electron chi connectivity index (χ4n) is 2.03. The highest BCUT2D eigenvalue weighted by atomic mass is 35.5. The molecule has 1 aliphatic rings. The smallest absolute Gasteiger partial charge is 0.269 e. The first kappa shape index (κ1) is 17.1. The third-order valence-corrected chi connectivity index (χ3v) is 3.18. The molecule has 1 aromatic rings. The summed E-state index contributed by atoms with van der Waals surface area (Å²) >= 11 is 0. The van der Waals surface area contributed by atoms with Gasteiger partial charge in [-0.15, -0.1) is 12.4 Å². The summed E-state index contributed by atoms with van der Waals surface area (Å²) in [4.78, 5) is 21.9. The summed E-state index contributed by atoms with van der Waals surface area (Å²) in [7, 11) is 0. The lowest BCUT2D eigenvalue weighted by molar-refractivity contribution is -0.384. The normalized spacial score (nSPS) is 13.8. The highest BCUT2D eigenvalue weighted by Gasteiger charge is 2.08. The average Bonchev–Trinajstić information content (AvgIpc) is 2.47. The molecule has 21 heavy (non-hydrogen) atoms. The van der Waals surface area contributed by atoms with Crippen LogP contribution in [-0.2, 0) is 11.2 Å². The van der Waals surface area contributed by atoms with E-state index < -0.39 is 4.92 Å². The molecule has 6 nitrogen and oxygen atoms in total. The van der Waals surface area contributed by atoms with Crippen molar-refractivity contribution in [3.8, 4) is 0 Å². The number of amides is 1. The first-order valence-electron chi connectivity index (χ1n) is 6.54. The van der Waals surface area contributed by atoms with Crippen LogP contribution in [0.15, 0.2) is 35.9 Å². The van der Waals surface area contributed by atoms with Crippen molar-refractivity contribution in [2.75, 3.05) is 19.6 Å². The van der Waals surface area contributed by atoms with Crippen LogP contribution in [-0.4, -0.2) is 30.5 Å². The van der Waals surface area contributed by atoms with E-state index in [-0.39, 0.29) is 30.4 Å². The van der Waals surface area contributed by atoms with Gasteiger partial charge in [0.15, 0.2) is 0 Å². The summed E-state index contributed by atoms with van der Waals surface area (Å²) in [6.07, 6.45) is 3.29. The summed E-state index contributed by atoms with van der Waals surface area (Å²) in [6, 6.07) is 6.05. The van der Waals surface area contributed by atoms with Crippen molar-refractivity contribution in [2.45, 2.75) is 12.8 Å². The van der Waals surface area contributed by atoms with Gasteiger partial charge in [0.25, 0.3) is 5.69 Å². The van der Waals surface area contributed by atoms with Gasteiger partial charge < -0.3 is 10.6 Å². The Morgan fingerprint density at radius 2 is 2.05 bits per heavy atom. The van der Waals surface area contributed by atoms with Crippen LogP contribution in [0.5, 0.6) is 0 Å². The lowest BCUT2D eigenvalue weighted by atomic mass is 10.1. The Morgan fingerprint density at radius 1 is 1.33 bits per heavy atom. The minimum Gasteiger partial charge on any atom is -0.352 e. The van der Waals surface area contributed by atoms with Gasteiger partial charge in [0, 0.05) is 25.2 Å². The van der Waals surface area contributed by atoms with Crippen LogP contribution in [0.2, 0.25) is 0 Å². The summed E-state index contributed by atoms with van der Waals surface area (Å²) < 4.78 is 0. The van der Waals surface area contributed by atoms with Crippen LogP contribution in [0.4, 0.5) is 5.69 Å². The second-order valence-electron chi connectivity index (χ2n) is 4.69. The number of rotatable bonds is 5. The molecule has 0 radical (unpaired) electrons. The van der Waals surface area contributed by atoms with Crippen molar-refractivity contribution in [1.82, 2.24) is 10.6 Å². The summed E-state index contributed by atoms with van der Waals surface area (Å²) in [6.45, 7) is 2.38. The number of benzene rings is 1. The number of carbonyl (C=O) groups excluding carboxylic acids is 1. The van der Waals surface area contributed by atoms with E-state index in [0.717, 1.165) is 25.1 Å². The largest absolute Gasteiger partial charge is 0.352 e. The number of nitrogens with zero attached hydrogens (tertiary/aromatic N) is 1. The van der Waals surface area contributed by atoms with Crippen LogP contribution >= 0.6 is 12.4 Å². The molecule has 2 rings (SSSR count). The minimum atomic E-state index is -0.451. The number of halogens is 1. The zero-order valence-electron chi connectivity index (χ0n) is 11.5. The van der Waals surface area contributed by atoms with Crippen LogP contribution < -0.4 is 10.6 Å². The van der Waals surface area contributed by atoms with Crippen LogP contribution in [0.3, 0.4) is 0 Å². The number of nitro groups is 1. The maximum atomic E-state index is 11.8. The van der Waals surface area contributed by atoms with E-state index in [1.807, 2.05) is 0 Å². The fraction of sp³-hybridized carbons (Fsp3) is 0.357. The second-order valence-corrected chi connectivity index (χ2v) is 4.69. The molecule has 0 saturated carbocycles. The van der Waals surface area contributed by atoms with E-state index >= 15 is 0 Å². The average molecular weight is 312 g/mol. The number of non-ortho nitro benzene ring substituents is 1. The van der Waals surface area contributed by atoms with Crippen LogP contribution in [0.25, 0.3) is 0 Å². The minimum absolute atomic E-state index is 0. The van der Waals surface area contributed by atoms with Crippen molar-refractivity contribution >= 4 is 24.0 Å². The molecule has 1 amide bonds. The Hall–Kier alpha value is -1.92. The number of hydrogen-bond donors (Lipinski definition) is 2. The SMILES string of the molecule is Cl.O=C(Cc1ccc([N+](=O)[O-])cc1)NCC1=CCNCC1. The molecule has 0 spiro atoms. The van der Waals surface area contributed by atoms with E-state index in [4.69, 9.17) is 0 Å². The Kier molecular flexibility index (Phi) is 6.84. The molecule has 0 bridgehead atoms. The monoisotopic (exact) mass is 311 g/mol. The molecule has 0 saturated heterocycles. The third-order valence-electron chi connectivity index (χ3n) is 3.18. The molecule has 2 N–H and O–H groups in total. The Balaban J connectivity index is 0.00000220. The molecule has 0 unspecified atom stereocenters. The first-order chi connectivity index (χ1) is 9.65. The molecule has 7 heteroatoms. The van der Waals surface area contributed by atoms with Crippen LogP contribution in [0.1, 0.15) is 12.0 Å². The molecular formula is C14H18ClN3O3. The second kappa shape index (κ2) is 8.39. The van der Waals surface area contributed by atoms with Gasteiger partial charge in [0.05, 0.1) is 11.3 Å². The molecule has 0 aromatic heterocycles. The molecule has 1 aliphatic heterocycles. The van der Waals surface area contributed by atoms with Gasteiger partial charge in [-0.25, -0.2) is 0 Å². The maximum Gasteiger partial charge on any atom is 0.269 e. The lowest BCUT2D eigenvalue weighted by Gasteiger charge is -2.14. The molecule has 1 aromatic carbocycles. The lowest BCUT2D eigenvalue weighted by Crippen LogP contribution is -2.30. The number of nitrogens with one attached hydrogen (secondary N) is 2. The quantitative estimate of drug-likeness (QED) is 0.491. The van der Waals surface area contributed by atoms with E-state index in [2.05, 4.69) is 16.7 Å². The van der Waals surface area contributed by atoms with Crippen molar-refractivity contribution in [1.29, 1.82) is 0 Å². The van der Waals surface area contributed by atoms with Gasteiger partial charge in [-0.3, -0.25) is 14.9 Å². The first-order valence-corrected chi connectivity index (χ1v) is 6.54. The summed E-state index contributed by atoms with van der Waals surface area (Å²) in [5.41, 5.74) is 2.04. The highest BCUT2D eigenvalue weighted by molar-refractivity contribution is 5.85. The van der Waals surface area contributed by atoms with Gasteiger partial charge in [0.1, 0.15) is 0 Å². The van der Waals surface area contributed by atoms with Crippen molar-refractivity contribution < 1.29 is 9.72 Å². The third kappa shape index (κ3) is 5.53. The van der Waals surface area contributed by atoms with E-state index in [9.17, 15) is 14.9 Å². The van der Waals surface area contributed by atoms with Crippen molar-refractivity contribution in [3.63, 3.8) is 0 Å². The van der Waals surface area contributed by atoms with Gasteiger partial charge in [-0.05, 0) is 18.5 Å². The standard InChI is InChI=1S/C14H17N3O3.ClH/c18-14(16-10-12-5-7-15-8-6-12)9-11-1-3-13(4-2-11)17(19)20;/h1-5,15H,6-10H2,(H,16,18);1H. The zero-order valence-corrected chi connectivity index (χ0v) is 12.3. The molecule has 114 valence electrons. The summed E-state index contributed by atoms with van der Waals surface area (Å²) in [5, 5.41) is 16.6. The highest BCUT2D eigenvalue weighted by Crippen LogP contribution is 2.12. The molecule has 1 heterocycles. The van der Waals surface area contributed by atoms with Crippen molar-refractivity contribution in [3.05, 3.63) is 51.6 Å². The van der Waals surface area contributed by atoms with Gasteiger partial charge in [0.2, 0.25) is 5.91 Å². The fourth-order valence-corrected chi connectivity index (χ4v) is 2.03. The van der Waals surface area contributed by atoms with E-state index in [1.54, 1.807) is 12.1 Å². The Bertz CT molecular complexity index is 529. The molecule has 0 aliphatic carbocycles. The number of carbonyl (C=O) groups is 1. The van der Waals surface area contributed by atoms with Gasteiger partial charge in [-0.2, -0.15) is 0 Å². The summed E-state index contributed by atoms with van der Waals surface area (Å²) in [5.74, 6) is -0.0710. The number of nitro benzene ring substituents is 1. The van der Waals surface area contributed by atoms with E-state index in [1.165, 1.54) is 17.7 Å². The predicted molar refractivity (Wildman–Crippen MR) is 82.6 cm³/mol. The van der Waals surface area contributed by atoms with Crippen molar-refractivity contribution in [2.24, 2.45) is 0 Å². The maximum absolute atomic E-state index is 11.8. The zero-order chi connectivity index (χ0) is 14.4. The predicted octanol–water partition coefficient (Wildman–Crippen LogP) is 1.59. The molecule has 0 fully saturated rings. The molecule has 0 atom stereocenters.